The number of allylic oxidation sites excluding steroid dienone is 2. The zero-order valence-corrected chi connectivity index (χ0v) is 20.0. The molecule has 12 nitrogen and oxygen atoms in total. The van der Waals surface area contributed by atoms with Crippen molar-refractivity contribution in [3.63, 3.8) is 0 Å². The number of nitrogens with one attached hydrogen (secondary N) is 1. The summed E-state index contributed by atoms with van der Waals surface area (Å²) in [4.78, 5) is 54.2. The summed E-state index contributed by atoms with van der Waals surface area (Å²) in [5, 5.41) is 10.4. The van der Waals surface area contributed by atoms with Crippen molar-refractivity contribution in [3.05, 3.63) is 32.5 Å². The molecule has 36 heavy (non-hydrogen) atoms. The van der Waals surface area contributed by atoms with E-state index in [9.17, 15) is 27.6 Å². The molecule has 0 radical (unpaired) electrons. The lowest BCUT2D eigenvalue weighted by atomic mass is 10.2. The smallest absolute Gasteiger partial charge is 0.475 e. The first kappa shape index (κ1) is 27.0. The largest absolute Gasteiger partial charge is 0.490 e. The van der Waals surface area contributed by atoms with Crippen LogP contribution in [-0.4, -0.2) is 74.7 Å². The molecule has 1 unspecified atom stereocenters. The maximum Gasteiger partial charge on any atom is 0.490 e. The molecule has 2 aromatic rings. The number of aromatic nitrogens is 4. The predicted octanol–water partition coefficient (Wildman–Crippen LogP) is 0.394. The Morgan fingerprint density at radius 3 is 2.33 bits per heavy atom. The number of aliphatic carboxylic acids is 1. The number of imidazole rings is 1. The summed E-state index contributed by atoms with van der Waals surface area (Å²) >= 11 is 0. The standard InChI is InChI=1S/C19H26N6O4.C2HF3O2/c1-12(2)4-8-24-14-15(21-18(24)23-9-6-20-7-10-23)22(3)19(28)25(16(14)26)13-5-11-29-17(13)27;3-2(4,5)1(6)7/h4,13,20H,5-11H2,1-3H3;(H,6,7). The van der Waals surface area contributed by atoms with Gasteiger partial charge in [-0.25, -0.2) is 19.0 Å². The van der Waals surface area contributed by atoms with Gasteiger partial charge in [0.15, 0.2) is 11.2 Å². The minimum absolute atomic E-state index is 0.209. The molecule has 0 bridgehead atoms. The van der Waals surface area contributed by atoms with Gasteiger partial charge in [0.25, 0.3) is 5.56 Å². The van der Waals surface area contributed by atoms with E-state index in [1.165, 1.54) is 4.57 Å². The van der Waals surface area contributed by atoms with E-state index in [-0.39, 0.29) is 6.61 Å². The van der Waals surface area contributed by atoms with Crippen molar-refractivity contribution in [2.45, 2.75) is 39.0 Å². The summed E-state index contributed by atoms with van der Waals surface area (Å²) < 4.78 is 41.0. The maximum atomic E-state index is 13.4. The number of carbonyl (C=O) groups is 2. The topological polar surface area (TPSA) is 141 Å². The average Bonchev–Trinajstić information content (AvgIpc) is 3.40. The molecule has 0 saturated carbocycles. The van der Waals surface area contributed by atoms with Crippen LogP contribution in [0.2, 0.25) is 0 Å². The fraction of sp³-hybridized carbons (Fsp3) is 0.571. The van der Waals surface area contributed by atoms with Crippen LogP contribution in [0.3, 0.4) is 0 Å². The number of carboxylic acids is 1. The lowest BCUT2D eigenvalue weighted by molar-refractivity contribution is -0.192. The molecular formula is C21H27F3N6O6. The van der Waals surface area contributed by atoms with Crippen molar-refractivity contribution in [2.75, 3.05) is 37.7 Å². The second-order valence-corrected chi connectivity index (χ2v) is 8.50. The van der Waals surface area contributed by atoms with Crippen LogP contribution in [0.15, 0.2) is 21.2 Å². The molecule has 4 heterocycles. The molecule has 0 aromatic carbocycles. The Balaban J connectivity index is 0.000000454. The van der Waals surface area contributed by atoms with E-state index in [1.54, 1.807) is 7.05 Å². The molecule has 2 saturated heterocycles. The molecule has 198 valence electrons. The predicted molar refractivity (Wildman–Crippen MR) is 122 cm³/mol. The quantitative estimate of drug-likeness (QED) is 0.436. The molecule has 15 heteroatoms. The number of carbonyl (C=O) groups excluding carboxylic acids is 1. The minimum atomic E-state index is -5.08. The van der Waals surface area contributed by atoms with Gasteiger partial charge in [0.05, 0.1) is 6.61 Å². The van der Waals surface area contributed by atoms with Gasteiger partial charge in [-0.2, -0.15) is 18.2 Å². The van der Waals surface area contributed by atoms with Gasteiger partial charge in [-0.15, -0.1) is 0 Å². The van der Waals surface area contributed by atoms with Gasteiger partial charge in [-0.1, -0.05) is 11.6 Å². The summed E-state index contributed by atoms with van der Waals surface area (Å²) in [5.74, 6) is -2.63. The Hall–Kier alpha value is -3.62. The zero-order chi connectivity index (χ0) is 26.8. The average molecular weight is 516 g/mol. The number of hydrogen-bond donors (Lipinski definition) is 2. The summed E-state index contributed by atoms with van der Waals surface area (Å²) in [7, 11) is 1.58. The zero-order valence-electron chi connectivity index (χ0n) is 20.0. The molecule has 2 N–H and O–H groups in total. The van der Waals surface area contributed by atoms with E-state index in [0.29, 0.717) is 30.1 Å². The number of ether oxygens (including phenoxy) is 1. The van der Waals surface area contributed by atoms with Crippen LogP contribution in [0.5, 0.6) is 0 Å². The van der Waals surface area contributed by atoms with Gasteiger partial charge >= 0.3 is 23.8 Å². The first-order valence-corrected chi connectivity index (χ1v) is 11.1. The summed E-state index contributed by atoms with van der Waals surface area (Å²) in [6.07, 6.45) is -2.75. The Labute approximate surface area is 202 Å². The number of rotatable bonds is 4. The van der Waals surface area contributed by atoms with Gasteiger partial charge in [0.2, 0.25) is 5.95 Å². The number of cyclic esters (lactones) is 1. The Bertz CT molecular complexity index is 1300. The fourth-order valence-corrected chi connectivity index (χ4v) is 3.87. The van der Waals surface area contributed by atoms with Crippen LogP contribution in [0, 0.1) is 0 Å². The normalized spacial score (nSPS) is 18.0. The molecule has 0 amide bonds. The third kappa shape index (κ3) is 5.45. The first-order valence-electron chi connectivity index (χ1n) is 11.1. The van der Waals surface area contributed by atoms with Gasteiger partial charge in [-0.05, 0) is 13.8 Å². The van der Waals surface area contributed by atoms with Crippen molar-refractivity contribution >= 4 is 29.1 Å². The number of anilines is 1. The molecular weight excluding hydrogens is 489 g/mol. The van der Waals surface area contributed by atoms with Crippen molar-refractivity contribution < 1.29 is 32.6 Å². The van der Waals surface area contributed by atoms with Crippen LogP contribution < -0.4 is 21.5 Å². The Morgan fingerprint density at radius 2 is 1.83 bits per heavy atom. The Morgan fingerprint density at radius 1 is 1.22 bits per heavy atom. The molecule has 4 rings (SSSR count). The number of aryl methyl sites for hydroxylation is 1. The highest BCUT2D eigenvalue weighted by Gasteiger charge is 2.38. The number of fused-ring (bicyclic) bond motifs is 1. The molecule has 0 aliphatic carbocycles. The number of esters is 1. The van der Waals surface area contributed by atoms with Crippen LogP contribution in [0.25, 0.3) is 11.2 Å². The van der Waals surface area contributed by atoms with E-state index in [4.69, 9.17) is 14.6 Å². The maximum absolute atomic E-state index is 13.4. The SMILES string of the molecule is CC(C)=CCn1c(N2CCNCC2)nc2c1c(=O)n(C1CCOC1=O)c(=O)n2C.O=C(O)C(F)(F)F. The van der Waals surface area contributed by atoms with Gasteiger partial charge in [0, 0.05) is 46.2 Å². The third-order valence-corrected chi connectivity index (χ3v) is 5.70. The summed E-state index contributed by atoms with van der Waals surface area (Å²) in [5.41, 5.74) is 0.729. The number of carboxylic acid groups (broad SMARTS) is 1. The van der Waals surface area contributed by atoms with Crippen molar-refractivity contribution in [2.24, 2.45) is 7.05 Å². The van der Waals surface area contributed by atoms with Crippen LogP contribution in [0.4, 0.5) is 19.1 Å². The third-order valence-electron chi connectivity index (χ3n) is 5.70. The fourth-order valence-electron chi connectivity index (χ4n) is 3.87. The lowest BCUT2D eigenvalue weighted by Crippen LogP contribution is -2.45. The van der Waals surface area contributed by atoms with E-state index < -0.39 is 35.4 Å². The second kappa shape index (κ2) is 10.6. The van der Waals surface area contributed by atoms with Gasteiger partial charge in [-0.3, -0.25) is 9.36 Å². The highest BCUT2D eigenvalue weighted by Crippen LogP contribution is 2.23. The van der Waals surface area contributed by atoms with E-state index in [1.807, 2.05) is 24.5 Å². The van der Waals surface area contributed by atoms with Crippen LogP contribution >= 0.6 is 0 Å². The van der Waals surface area contributed by atoms with E-state index >= 15 is 0 Å². The number of nitrogens with zero attached hydrogens (tertiary/aromatic N) is 5. The molecule has 2 aromatic heterocycles. The molecule has 1 atom stereocenters. The van der Waals surface area contributed by atoms with Crippen molar-refractivity contribution in [3.8, 4) is 0 Å². The minimum Gasteiger partial charge on any atom is -0.475 e. The number of hydrogen-bond acceptors (Lipinski definition) is 8. The second-order valence-electron chi connectivity index (χ2n) is 8.50. The van der Waals surface area contributed by atoms with Crippen molar-refractivity contribution in [1.29, 1.82) is 0 Å². The highest BCUT2D eigenvalue weighted by molar-refractivity contribution is 5.78. The number of alkyl halides is 3. The Kier molecular flexibility index (Phi) is 7.91. The van der Waals surface area contributed by atoms with Crippen LogP contribution in [0.1, 0.15) is 26.3 Å². The first-order chi connectivity index (χ1) is 16.8. The number of piperazine rings is 1. The van der Waals surface area contributed by atoms with Crippen LogP contribution in [-0.2, 0) is 27.9 Å². The summed E-state index contributed by atoms with van der Waals surface area (Å²) in [6, 6.07) is -0.889. The van der Waals surface area contributed by atoms with E-state index in [2.05, 4.69) is 15.2 Å². The van der Waals surface area contributed by atoms with Gasteiger partial charge in [0.1, 0.15) is 6.04 Å². The van der Waals surface area contributed by atoms with E-state index in [0.717, 1.165) is 36.3 Å². The molecule has 2 aliphatic heterocycles. The molecule has 2 fully saturated rings. The van der Waals surface area contributed by atoms with Gasteiger partial charge < -0.3 is 24.6 Å². The van der Waals surface area contributed by atoms with Crippen molar-refractivity contribution in [1.82, 2.24) is 24.0 Å². The monoisotopic (exact) mass is 516 g/mol. The molecule has 2 aliphatic rings. The highest BCUT2D eigenvalue weighted by atomic mass is 19.4. The lowest BCUT2D eigenvalue weighted by Gasteiger charge is -2.28. The molecule has 0 spiro atoms. The summed E-state index contributed by atoms with van der Waals surface area (Å²) in [6.45, 7) is 7.81. The number of halogens is 3.